The summed E-state index contributed by atoms with van der Waals surface area (Å²) in [6, 6.07) is 6.04. The van der Waals surface area contributed by atoms with E-state index in [1.54, 1.807) is 24.3 Å². The number of aliphatic carboxylic acids is 1. The van der Waals surface area contributed by atoms with Crippen LogP contribution in [0, 0.1) is 5.41 Å². The van der Waals surface area contributed by atoms with Gasteiger partial charge in [-0.25, -0.2) is 9.69 Å². The summed E-state index contributed by atoms with van der Waals surface area (Å²) in [5, 5.41) is 11.2. The molecule has 2 aliphatic rings. The van der Waals surface area contributed by atoms with Crippen LogP contribution in [0.2, 0.25) is 0 Å². The van der Waals surface area contributed by atoms with E-state index in [9.17, 15) is 19.2 Å². The number of carboxylic acid groups (broad SMARTS) is 1. The zero-order valence-electron chi connectivity index (χ0n) is 19.4. The minimum atomic E-state index is -1.04. The Bertz CT molecular complexity index is 891. The van der Waals surface area contributed by atoms with Crippen LogP contribution in [0.15, 0.2) is 24.3 Å². The number of urea groups is 1. The number of carbonyl (C=O) groups is 4. The van der Waals surface area contributed by atoms with E-state index in [4.69, 9.17) is 9.84 Å². The van der Waals surface area contributed by atoms with Gasteiger partial charge in [0.05, 0.1) is 6.42 Å². The second kappa shape index (κ2) is 10.2. The number of rotatable bonds is 8. The van der Waals surface area contributed by atoms with Gasteiger partial charge in [-0.15, -0.1) is 0 Å². The summed E-state index contributed by atoms with van der Waals surface area (Å²) < 4.78 is 6.07. The Balaban J connectivity index is 1.70. The lowest BCUT2D eigenvalue weighted by Gasteiger charge is -2.53. The predicted molar refractivity (Wildman–Crippen MR) is 120 cm³/mol. The van der Waals surface area contributed by atoms with E-state index in [1.165, 1.54) is 0 Å². The molecular formula is C23H32N4O6. The highest BCUT2D eigenvalue weighted by atomic mass is 16.5. The first-order valence-electron chi connectivity index (χ1n) is 11.3. The zero-order chi connectivity index (χ0) is 24.2. The number of hydrogen-bond donors (Lipinski definition) is 2. The van der Waals surface area contributed by atoms with E-state index in [-0.39, 0.29) is 24.8 Å². The summed E-state index contributed by atoms with van der Waals surface area (Å²) in [6.45, 7) is 6.69. The quantitative estimate of drug-likeness (QED) is 0.566. The summed E-state index contributed by atoms with van der Waals surface area (Å²) in [5.41, 5.74) is -0.282. The van der Waals surface area contributed by atoms with Crippen molar-refractivity contribution in [3.05, 3.63) is 29.8 Å². The Morgan fingerprint density at radius 1 is 1.09 bits per heavy atom. The first-order chi connectivity index (χ1) is 15.7. The molecule has 180 valence electrons. The van der Waals surface area contributed by atoms with Gasteiger partial charge in [0.15, 0.2) is 6.23 Å². The average Bonchev–Trinajstić information content (AvgIpc) is 2.80. The molecule has 0 aliphatic carbocycles. The molecule has 1 aromatic carbocycles. The van der Waals surface area contributed by atoms with Crippen molar-refractivity contribution < 1.29 is 29.0 Å². The van der Waals surface area contributed by atoms with Crippen molar-refractivity contribution in [2.24, 2.45) is 5.41 Å². The lowest BCUT2D eigenvalue weighted by molar-refractivity contribution is -0.190. The molecule has 0 radical (unpaired) electrons. The first-order valence-corrected chi connectivity index (χ1v) is 11.3. The van der Waals surface area contributed by atoms with Crippen molar-refractivity contribution in [1.29, 1.82) is 0 Å². The van der Waals surface area contributed by atoms with Crippen molar-refractivity contribution in [1.82, 2.24) is 20.0 Å². The second-order valence-electron chi connectivity index (χ2n) is 8.50. The average molecular weight is 461 g/mol. The van der Waals surface area contributed by atoms with E-state index in [2.05, 4.69) is 10.2 Å². The molecule has 0 bridgehead atoms. The number of ether oxygens (including phenoxy) is 1. The Labute approximate surface area is 193 Å². The minimum absolute atomic E-state index is 0.0376. The molecule has 2 heterocycles. The SMILES string of the molecule is CCC1(CC)C(=O)N(C(=O)NCCC(=O)O)C1Oc1ccc(C(=O)N2CCN(C)CC2)cc1. The van der Waals surface area contributed by atoms with Crippen LogP contribution in [0.25, 0.3) is 0 Å². The summed E-state index contributed by atoms with van der Waals surface area (Å²) in [7, 11) is 2.03. The largest absolute Gasteiger partial charge is 0.481 e. The van der Waals surface area contributed by atoms with Crippen molar-refractivity contribution in [2.45, 2.75) is 39.3 Å². The molecular weight excluding hydrogens is 428 g/mol. The lowest BCUT2D eigenvalue weighted by atomic mass is 9.72. The van der Waals surface area contributed by atoms with Gasteiger partial charge in [-0.05, 0) is 44.2 Å². The number of nitrogens with one attached hydrogen (secondary N) is 1. The summed E-state index contributed by atoms with van der Waals surface area (Å²) >= 11 is 0. The third-order valence-electron chi connectivity index (χ3n) is 6.59. The van der Waals surface area contributed by atoms with Crippen molar-refractivity contribution >= 4 is 23.8 Å². The fourth-order valence-electron chi connectivity index (χ4n) is 4.26. The molecule has 3 rings (SSSR count). The first kappa shape index (κ1) is 24.5. The predicted octanol–water partition coefficient (Wildman–Crippen LogP) is 1.61. The monoisotopic (exact) mass is 460 g/mol. The van der Waals surface area contributed by atoms with Crippen LogP contribution in [-0.4, -0.2) is 89.6 Å². The minimum Gasteiger partial charge on any atom is -0.481 e. The van der Waals surface area contributed by atoms with Crippen LogP contribution in [0.4, 0.5) is 4.79 Å². The van der Waals surface area contributed by atoms with Gasteiger partial charge in [0.1, 0.15) is 11.2 Å². The number of carbonyl (C=O) groups excluding carboxylic acids is 3. The van der Waals surface area contributed by atoms with Crippen molar-refractivity contribution in [2.75, 3.05) is 39.8 Å². The third-order valence-corrected chi connectivity index (χ3v) is 6.59. The highest BCUT2D eigenvalue weighted by molar-refractivity contribution is 6.03. The number of amides is 4. The molecule has 2 N–H and O–H groups in total. The molecule has 10 heteroatoms. The standard InChI is InChI=1S/C23H32N4O6/c1-4-23(5-2)20(31)27(22(32)24-11-10-18(28)29)21(23)33-17-8-6-16(7-9-17)19(30)26-14-12-25(3)13-15-26/h6-9,21H,4-5,10-15H2,1-3H3,(H,24,32)(H,28,29). The Kier molecular flexibility index (Phi) is 7.57. The van der Waals surface area contributed by atoms with E-state index in [1.807, 2.05) is 25.8 Å². The Morgan fingerprint density at radius 3 is 2.24 bits per heavy atom. The number of piperazine rings is 1. The second-order valence-corrected chi connectivity index (χ2v) is 8.50. The van der Waals surface area contributed by atoms with Gasteiger partial charge in [0, 0.05) is 38.3 Å². The van der Waals surface area contributed by atoms with Crippen molar-refractivity contribution in [3.8, 4) is 5.75 Å². The normalized spacial score (nSPS) is 20.2. The molecule has 1 unspecified atom stereocenters. The third kappa shape index (κ3) is 4.95. The number of benzene rings is 1. The molecule has 33 heavy (non-hydrogen) atoms. The fraction of sp³-hybridized carbons (Fsp3) is 0.565. The smallest absolute Gasteiger partial charge is 0.327 e. The number of hydrogen-bond acceptors (Lipinski definition) is 6. The topological polar surface area (TPSA) is 119 Å². The molecule has 0 saturated carbocycles. The van der Waals surface area contributed by atoms with Gasteiger partial charge in [0.25, 0.3) is 5.91 Å². The highest BCUT2D eigenvalue weighted by Gasteiger charge is 2.62. The molecule has 1 atom stereocenters. The van der Waals surface area contributed by atoms with E-state index < -0.39 is 23.6 Å². The van der Waals surface area contributed by atoms with Gasteiger partial charge in [-0.3, -0.25) is 14.4 Å². The summed E-state index contributed by atoms with van der Waals surface area (Å²) in [5.74, 6) is -0.977. The Morgan fingerprint density at radius 2 is 1.70 bits per heavy atom. The van der Waals surface area contributed by atoms with Crippen molar-refractivity contribution in [3.63, 3.8) is 0 Å². The molecule has 2 saturated heterocycles. The maximum Gasteiger partial charge on any atom is 0.327 e. The van der Waals surface area contributed by atoms with Gasteiger partial charge in [-0.2, -0.15) is 0 Å². The van der Waals surface area contributed by atoms with Gasteiger partial charge >= 0.3 is 12.0 Å². The maximum absolute atomic E-state index is 12.8. The summed E-state index contributed by atoms with van der Waals surface area (Å²) in [4.78, 5) is 53.9. The Hall–Kier alpha value is -3.14. The van der Waals surface area contributed by atoms with E-state index in [0.29, 0.717) is 37.2 Å². The summed E-state index contributed by atoms with van der Waals surface area (Å²) in [6.07, 6.45) is -0.0731. The molecule has 0 spiro atoms. The lowest BCUT2D eigenvalue weighted by Crippen LogP contribution is -2.73. The molecule has 2 fully saturated rings. The highest BCUT2D eigenvalue weighted by Crippen LogP contribution is 2.46. The number of likely N-dealkylation sites (N-methyl/N-ethyl adjacent to an activating group) is 1. The molecule has 1 aromatic rings. The van der Waals surface area contributed by atoms with Gasteiger partial charge in [-0.1, -0.05) is 13.8 Å². The molecule has 10 nitrogen and oxygen atoms in total. The molecule has 2 aliphatic heterocycles. The number of nitrogens with zero attached hydrogens (tertiary/aromatic N) is 3. The molecule has 4 amide bonds. The van der Waals surface area contributed by atoms with Crippen LogP contribution in [0.1, 0.15) is 43.5 Å². The van der Waals surface area contributed by atoms with Gasteiger partial charge in [0.2, 0.25) is 5.91 Å². The van der Waals surface area contributed by atoms with Crippen LogP contribution >= 0.6 is 0 Å². The number of β-lactam (4-membered cyclic amide) rings is 1. The van der Waals surface area contributed by atoms with Gasteiger partial charge < -0.3 is 25.0 Å². The van der Waals surface area contributed by atoms with E-state index in [0.717, 1.165) is 18.0 Å². The number of likely N-dealkylation sites (tertiary alicyclic amines) is 1. The van der Waals surface area contributed by atoms with E-state index >= 15 is 0 Å². The van der Waals surface area contributed by atoms with Crippen LogP contribution < -0.4 is 10.1 Å². The van der Waals surface area contributed by atoms with Crippen LogP contribution in [0.3, 0.4) is 0 Å². The zero-order valence-corrected chi connectivity index (χ0v) is 19.4. The number of carboxylic acids is 1. The van der Waals surface area contributed by atoms with Crippen LogP contribution in [0.5, 0.6) is 5.75 Å². The van der Waals surface area contributed by atoms with Crippen LogP contribution in [-0.2, 0) is 9.59 Å². The maximum atomic E-state index is 12.8. The fourth-order valence-corrected chi connectivity index (χ4v) is 4.26. The molecule has 0 aromatic heterocycles. The number of imide groups is 1.